The van der Waals surface area contributed by atoms with Crippen LogP contribution < -0.4 is 0 Å². The summed E-state index contributed by atoms with van der Waals surface area (Å²) in [5.41, 5.74) is 1.81. The van der Waals surface area contributed by atoms with Crippen LogP contribution in [0, 0.1) is 11.8 Å². The Morgan fingerprint density at radius 3 is 2.23 bits per heavy atom. The number of Topliss-reactive ketones (excluding diaryl/α,β-unsaturated/α-hetero) is 3. The van der Waals surface area contributed by atoms with Crippen LogP contribution in [0.15, 0.2) is 35.4 Å². The second kappa shape index (κ2) is 5.61. The van der Waals surface area contributed by atoms with E-state index in [9.17, 15) is 14.4 Å². The minimum Gasteiger partial charge on any atom is -0.385 e. The molecule has 0 amide bonds. The van der Waals surface area contributed by atoms with Crippen molar-refractivity contribution >= 4 is 17.3 Å². The lowest BCUT2D eigenvalue weighted by atomic mass is 9.67. The molecule has 0 aromatic heterocycles. The highest BCUT2D eigenvalue weighted by Gasteiger charge is 2.43. The van der Waals surface area contributed by atoms with Crippen LogP contribution in [-0.4, -0.2) is 31.1 Å². The van der Waals surface area contributed by atoms with Gasteiger partial charge in [0.15, 0.2) is 11.6 Å². The van der Waals surface area contributed by atoms with Crippen molar-refractivity contribution in [1.29, 1.82) is 0 Å². The van der Waals surface area contributed by atoms with E-state index in [1.807, 2.05) is 0 Å². The second-order valence-corrected chi connectivity index (χ2v) is 5.90. The summed E-state index contributed by atoms with van der Waals surface area (Å²) in [6.45, 7) is 2.19. The van der Waals surface area contributed by atoms with Gasteiger partial charge in [-0.05, 0) is 12.3 Å². The summed E-state index contributed by atoms with van der Waals surface area (Å²) in [5.74, 6) is -0.971. The minimum atomic E-state index is -0.501. The predicted octanol–water partition coefficient (Wildman–Crippen LogP) is 2.62. The predicted molar refractivity (Wildman–Crippen MR) is 80.9 cm³/mol. The largest absolute Gasteiger partial charge is 0.385 e. The van der Waals surface area contributed by atoms with Crippen molar-refractivity contribution in [3.8, 4) is 0 Å². The molecule has 1 aromatic carbocycles. The minimum absolute atomic E-state index is 0.0281. The number of hydrogen-bond donors (Lipinski definition) is 0. The van der Waals surface area contributed by atoms with Gasteiger partial charge in [-0.1, -0.05) is 31.2 Å². The normalized spacial score (nSPS) is 24.4. The summed E-state index contributed by atoms with van der Waals surface area (Å²) >= 11 is 0. The molecular weight excluding hydrogens is 280 g/mol. The molecule has 114 valence electrons. The SMILES string of the molecule is COCCC1CC(=O)C(C)C2=C1C(=O)c1ccccc1C2=O. The Morgan fingerprint density at radius 1 is 1.05 bits per heavy atom. The molecule has 0 aliphatic heterocycles. The van der Waals surface area contributed by atoms with Gasteiger partial charge in [0.25, 0.3) is 0 Å². The number of rotatable bonds is 3. The van der Waals surface area contributed by atoms with Crippen molar-refractivity contribution in [3.63, 3.8) is 0 Å². The van der Waals surface area contributed by atoms with Crippen molar-refractivity contribution in [1.82, 2.24) is 0 Å². The molecule has 0 saturated carbocycles. The zero-order valence-corrected chi connectivity index (χ0v) is 12.7. The van der Waals surface area contributed by atoms with E-state index in [-0.39, 0.29) is 23.3 Å². The molecule has 0 saturated heterocycles. The Hall–Kier alpha value is -2.07. The van der Waals surface area contributed by atoms with Gasteiger partial charge in [0.05, 0.1) is 0 Å². The van der Waals surface area contributed by atoms with E-state index in [2.05, 4.69) is 0 Å². The molecular formula is C18H18O4. The zero-order chi connectivity index (χ0) is 15.9. The molecule has 0 radical (unpaired) electrons. The third kappa shape index (κ3) is 2.15. The van der Waals surface area contributed by atoms with Crippen LogP contribution in [0.2, 0.25) is 0 Å². The summed E-state index contributed by atoms with van der Waals surface area (Å²) in [5, 5.41) is 0. The number of methoxy groups -OCH3 is 1. The van der Waals surface area contributed by atoms with Gasteiger partial charge < -0.3 is 4.74 Å². The molecule has 0 heterocycles. The van der Waals surface area contributed by atoms with Crippen LogP contribution in [0.3, 0.4) is 0 Å². The highest BCUT2D eigenvalue weighted by Crippen LogP contribution is 2.41. The summed E-state index contributed by atoms with van der Waals surface area (Å²) in [4.78, 5) is 37.9. The zero-order valence-electron chi connectivity index (χ0n) is 12.7. The van der Waals surface area contributed by atoms with Crippen molar-refractivity contribution in [2.24, 2.45) is 11.8 Å². The molecule has 0 N–H and O–H groups in total. The van der Waals surface area contributed by atoms with E-state index in [0.717, 1.165) is 0 Å². The van der Waals surface area contributed by atoms with E-state index in [0.29, 0.717) is 41.7 Å². The third-order valence-corrected chi connectivity index (χ3v) is 4.64. The number of carbonyl (C=O) groups excluding carboxylic acids is 3. The van der Waals surface area contributed by atoms with E-state index in [1.165, 1.54) is 0 Å². The highest BCUT2D eigenvalue weighted by atomic mass is 16.5. The molecule has 0 spiro atoms. The van der Waals surface area contributed by atoms with Crippen LogP contribution >= 0.6 is 0 Å². The topological polar surface area (TPSA) is 60.4 Å². The summed E-state index contributed by atoms with van der Waals surface area (Å²) < 4.78 is 5.09. The van der Waals surface area contributed by atoms with Crippen LogP contribution in [0.5, 0.6) is 0 Å². The number of carbonyl (C=O) groups is 3. The first-order valence-corrected chi connectivity index (χ1v) is 7.50. The monoisotopic (exact) mass is 298 g/mol. The van der Waals surface area contributed by atoms with Gasteiger partial charge in [0.1, 0.15) is 5.78 Å². The average Bonchev–Trinajstić information content (AvgIpc) is 2.53. The first kappa shape index (κ1) is 14.9. The molecule has 4 heteroatoms. The van der Waals surface area contributed by atoms with Crippen LogP contribution in [-0.2, 0) is 9.53 Å². The number of benzene rings is 1. The summed E-state index contributed by atoms with van der Waals surface area (Å²) in [6, 6.07) is 6.85. The van der Waals surface area contributed by atoms with Crippen LogP contribution in [0.4, 0.5) is 0 Å². The first-order chi connectivity index (χ1) is 10.6. The van der Waals surface area contributed by atoms with Crippen molar-refractivity contribution < 1.29 is 19.1 Å². The van der Waals surface area contributed by atoms with Gasteiger partial charge in [0.2, 0.25) is 0 Å². The number of allylic oxidation sites excluding steroid dienone is 2. The van der Waals surface area contributed by atoms with Crippen molar-refractivity contribution in [2.45, 2.75) is 19.8 Å². The molecule has 0 fully saturated rings. The maximum absolute atomic E-state index is 12.9. The fourth-order valence-corrected chi connectivity index (χ4v) is 3.44. The lowest BCUT2D eigenvalue weighted by Gasteiger charge is -2.33. The quantitative estimate of drug-likeness (QED) is 0.860. The van der Waals surface area contributed by atoms with Crippen molar-refractivity contribution in [2.75, 3.05) is 13.7 Å². The van der Waals surface area contributed by atoms with E-state index in [1.54, 1.807) is 38.3 Å². The van der Waals surface area contributed by atoms with Crippen molar-refractivity contribution in [3.05, 3.63) is 46.5 Å². The molecule has 1 aromatic rings. The standard InChI is InChI=1S/C18H18O4/c1-10-14(19)9-11(7-8-22-2)16-15(10)17(20)12-5-3-4-6-13(12)18(16)21/h3-6,10-11H,7-9H2,1-2H3. The molecule has 3 rings (SSSR count). The second-order valence-electron chi connectivity index (χ2n) is 5.90. The van der Waals surface area contributed by atoms with Crippen LogP contribution in [0.1, 0.15) is 40.5 Å². The highest BCUT2D eigenvalue weighted by molar-refractivity contribution is 6.29. The van der Waals surface area contributed by atoms with Gasteiger partial charge in [-0.2, -0.15) is 0 Å². The Labute approximate surface area is 129 Å². The number of ketones is 3. The molecule has 2 aliphatic rings. The van der Waals surface area contributed by atoms with Gasteiger partial charge in [-0.15, -0.1) is 0 Å². The maximum atomic E-state index is 12.9. The molecule has 4 nitrogen and oxygen atoms in total. The Bertz CT molecular complexity index is 699. The molecule has 22 heavy (non-hydrogen) atoms. The Balaban J connectivity index is 2.14. The average molecular weight is 298 g/mol. The molecule has 2 aliphatic carbocycles. The maximum Gasteiger partial charge on any atom is 0.190 e. The molecule has 0 bridgehead atoms. The number of fused-ring (bicyclic) bond motifs is 1. The van der Waals surface area contributed by atoms with Gasteiger partial charge >= 0.3 is 0 Å². The summed E-state index contributed by atoms with van der Waals surface area (Å²) in [6.07, 6.45) is 0.888. The van der Waals surface area contributed by atoms with E-state index < -0.39 is 5.92 Å². The Kier molecular flexibility index (Phi) is 3.79. The fraction of sp³-hybridized carbons (Fsp3) is 0.389. The van der Waals surface area contributed by atoms with E-state index >= 15 is 0 Å². The molecule has 2 unspecified atom stereocenters. The number of hydrogen-bond acceptors (Lipinski definition) is 4. The molecule has 2 atom stereocenters. The smallest absolute Gasteiger partial charge is 0.190 e. The van der Waals surface area contributed by atoms with E-state index in [4.69, 9.17) is 4.74 Å². The lowest BCUT2D eigenvalue weighted by molar-refractivity contribution is -0.122. The Morgan fingerprint density at radius 2 is 1.64 bits per heavy atom. The third-order valence-electron chi connectivity index (χ3n) is 4.64. The van der Waals surface area contributed by atoms with Gasteiger partial charge in [-0.3, -0.25) is 14.4 Å². The van der Waals surface area contributed by atoms with Crippen LogP contribution in [0.25, 0.3) is 0 Å². The first-order valence-electron chi connectivity index (χ1n) is 7.50. The number of ether oxygens (including phenoxy) is 1. The van der Waals surface area contributed by atoms with Gasteiger partial charge in [-0.25, -0.2) is 0 Å². The van der Waals surface area contributed by atoms with Gasteiger partial charge in [0, 0.05) is 48.3 Å². The summed E-state index contributed by atoms with van der Waals surface area (Å²) in [7, 11) is 1.59. The lowest BCUT2D eigenvalue weighted by Crippen LogP contribution is -2.37. The fourth-order valence-electron chi connectivity index (χ4n) is 3.44.